The first-order chi connectivity index (χ1) is 11.3. The number of aromatic nitrogens is 2. The summed E-state index contributed by atoms with van der Waals surface area (Å²) in [6.07, 6.45) is 8.06. The number of fused-ring (bicyclic) bond motifs is 3. The van der Waals surface area contributed by atoms with Crippen LogP contribution in [-0.2, 0) is 12.8 Å². The van der Waals surface area contributed by atoms with Gasteiger partial charge in [0.2, 0.25) is 0 Å². The van der Waals surface area contributed by atoms with Crippen LogP contribution in [0.2, 0.25) is 5.02 Å². The molecule has 1 aliphatic carbocycles. The molecule has 4 rings (SSSR count). The Kier molecular flexibility index (Phi) is 3.97. The van der Waals surface area contributed by atoms with Gasteiger partial charge < -0.3 is 0 Å². The SMILES string of the molecule is Clc1ccccc1C=NNc1ncnc2sc3c(c12)CCCC3. The number of nitrogens with zero attached hydrogens (tertiary/aromatic N) is 3. The molecule has 0 saturated heterocycles. The standard InChI is InChI=1S/C17H15ClN4S/c18-13-7-3-1-5-11(13)9-21-22-16-15-12-6-2-4-8-14(12)23-17(15)20-10-19-16/h1,3,5,7,9-10H,2,4,6,8H2,(H,19,20,22). The molecule has 1 N–H and O–H groups in total. The van der Waals surface area contributed by atoms with Crippen molar-refractivity contribution in [1.82, 2.24) is 9.97 Å². The molecular formula is C17H15ClN4S. The Morgan fingerprint density at radius 1 is 1.17 bits per heavy atom. The van der Waals surface area contributed by atoms with Crippen LogP contribution in [-0.4, -0.2) is 16.2 Å². The molecule has 0 amide bonds. The van der Waals surface area contributed by atoms with Crippen LogP contribution in [0.5, 0.6) is 0 Å². The minimum absolute atomic E-state index is 0.679. The number of thiophene rings is 1. The van der Waals surface area contributed by atoms with E-state index >= 15 is 0 Å². The first-order valence-corrected chi connectivity index (χ1v) is 8.81. The molecule has 4 nitrogen and oxygen atoms in total. The third-order valence-corrected chi connectivity index (χ3v) is 5.57. The molecule has 1 aromatic carbocycles. The molecule has 116 valence electrons. The van der Waals surface area contributed by atoms with Crippen molar-refractivity contribution in [1.29, 1.82) is 0 Å². The fourth-order valence-corrected chi connectivity index (χ4v) is 4.33. The number of anilines is 1. The molecule has 2 heterocycles. The lowest BCUT2D eigenvalue weighted by molar-refractivity contribution is 0.700. The minimum Gasteiger partial charge on any atom is -0.261 e. The maximum atomic E-state index is 6.14. The van der Waals surface area contributed by atoms with Crippen molar-refractivity contribution in [2.45, 2.75) is 25.7 Å². The summed E-state index contributed by atoms with van der Waals surface area (Å²) in [7, 11) is 0. The zero-order chi connectivity index (χ0) is 15.6. The molecule has 23 heavy (non-hydrogen) atoms. The summed E-state index contributed by atoms with van der Waals surface area (Å²) in [6.45, 7) is 0. The van der Waals surface area contributed by atoms with Crippen molar-refractivity contribution in [2.24, 2.45) is 5.10 Å². The molecule has 0 atom stereocenters. The quantitative estimate of drug-likeness (QED) is 0.556. The number of hydrogen-bond donors (Lipinski definition) is 1. The van der Waals surface area contributed by atoms with Gasteiger partial charge in [0.25, 0.3) is 0 Å². The number of aryl methyl sites for hydroxylation is 2. The largest absolute Gasteiger partial charge is 0.261 e. The highest BCUT2D eigenvalue weighted by Gasteiger charge is 2.19. The maximum absolute atomic E-state index is 6.14. The Balaban J connectivity index is 1.67. The molecule has 0 bridgehead atoms. The number of nitrogens with one attached hydrogen (secondary N) is 1. The van der Waals surface area contributed by atoms with Crippen molar-refractivity contribution < 1.29 is 0 Å². The molecule has 3 aromatic rings. The molecule has 6 heteroatoms. The van der Waals surface area contributed by atoms with Gasteiger partial charge in [-0.1, -0.05) is 29.8 Å². The average molecular weight is 343 g/mol. The van der Waals surface area contributed by atoms with Crippen LogP contribution in [0.1, 0.15) is 28.8 Å². The first kappa shape index (κ1) is 14.6. The van der Waals surface area contributed by atoms with Crippen molar-refractivity contribution in [3.05, 3.63) is 51.6 Å². The molecule has 0 fully saturated rings. The molecular weight excluding hydrogens is 328 g/mol. The Hall–Kier alpha value is -1.98. The third-order valence-electron chi connectivity index (χ3n) is 4.03. The van der Waals surface area contributed by atoms with E-state index in [1.807, 2.05) is 24.3 Å². The Morgan fingerprint density at radius 2 is 2.04 bits per heavy atom. The average Bonchev–Trinajstić information content (AvgIpc) is 2.96. The van der Waals surface area contributed by atoms with Crippen LogP contribution in [0.4, 0.5) is 5.82 Å². The van der Waals surface area contributed by atoms with Crippen molar-refractivity contribution in [3.63, 3.8) is 0 Å². The van der Waals surface area contributed by atoms with Gasteiger partial charge in [0.15, 0.2) is 5.82 Å². The molecule has 0 aliphatic heterocycles. The zero-order valence-corrected chi connectivity index (χ0v) is 14.0. The van der Waals surface area contributed by atoms with Gasteiger partial charge in [-0.15, -0.1) is 11.3 Å². The van der Waals surface area contributed by atoms with Gasteiger partial charge in [0.05, 0.1) is 11.6 Å². The summed E-state index contributed by atoms with van der Waals surface area (Å²) >= 11 is 7.92. The van der Waals surface area contributed by atoms with Crippen LogP contribution in [0.3, 0.4) is 0 Å². The molecule has 1 aliphatic rings. The van der Waals surface area contributed by atoms with E-state index in [0.717, 1.165) is 34.4 Å². The van der Waals surface area contributed by atoms with E-state index in [0.29, 0.717) is 5.02 Å². The van der Waals surface area contributed by atoms with Gasteiger partial charge in [-0.2, -0.15) is 5.10 Å². The van der Waals surface area contributed by atoms with Crippen LogP contribution < -0.4 is 5.43 Å². The van der Waals surface area contributed by atoms with Gasteiger partial charge in [0, 0.05) is 15.5 Å². The molecule has 0 saturated carbocycles. The highest BCUT2D eigenvalue weighted by Crippen LogP contribution is 2.38. The van der Waals surface area contributed by atoms with Crippen LogP contribution in [0.25, 0.3) is 10.2 Å². The van der Waals surface area contributed by atoms with E-state index in [9.17, 15) is 0 Å². The first-order valence-electron chi connectivity index (χ1n) is 7.62. The molecule has 0 unspecified atom stereocenters. The van der Waals surface area contributed by atoms with Gasteiger partial charge in [-0.3, -0.25) is 5.43 Å². The summed E-state index contributed by atoms with van der Waals surface area (Å²) in [4.78, 5) is 11.3. The smallest absolute Gasteiger partial charge is 0.158 e. The van der Waals surface area contributed by atoms with E-state index in [4.69, 9.17) is 11.6 Å². The summed E-state index contributed by atoms with van der Waals surface area (Å²) in [5.41, 5.74) is 5.34. The van der Waals surface area contributed by atoms with Crippen molar-refractivity contribution >= 4 is 45.2 Å². The molecule has 0 radical (unpaired) electrons. The fraction of sp³-hybridized carbons (Fsp3) is 0.235. The Bertz CT molecular complexity index is 887. The third kappa shape index (κ3) is 2.82. The summed E-state index contributed by atoms with van der Waals surface area (Å²) in [5.74, 6) is 0.776. The van der Waals surface area contributed by atoms with Crippen molar-refractivity contribution in [2.75, 3.05) is 5.43 Å². The van der Waals surface area contributed by atoms with Gasteiger partial charge in [0.1, 0.15) is 11.2 Å². The van der Waals surface area contributed by atoms with Crippen LogP contribution in [0, 0.1) is 0 Å². The summed E-state index contributed by atoms with van der Waals surface area (Å²) in [5, 5.41) is 6.11. The van der Waals surface area contributed by atoms with E-state index in [-0.39, 0.29) is 0 Å². The van der Waals surface area contributed by atoms with E-state index in [1.54, 1.807) is 23.9 Å². The second kappa shape index (κ2) is 6.26. The summed E-state index contributed by atoms with van der Waals surface area (Å²) in [6, 6.07) is 7.61. The van der Waals surface area contributed by atoms with E-state index in [2.05, 4.69) is 20.5 Å². The molecule has 2 aromatic heterocycles. The minimum atomic E-state index is 0.679. The normalized spacial score (nSPS) is 14.3. The van der Waals surface area contributed by atoms with Crippen LogP contribution >= 0.6 is 22.9 Å². The number of halogens is 1. The lowest BCUT2D eigenvalue weighted by Crippen LogP contribution is -2.01. The number of benzene rings is 1. The lowest BCUT2D eigenvalue weighted by Gasteiger charge is -2.11. The van der Waals surface area contributed by atoms with Gasteiger partial charge in [-0.05, 0) is 37.3 Å². The highest BCUT2D eigenvalue weighted by molar-refractivity contribution is 7.19. The predicted molar refractivity (Wildman–Crippen MR) is 96.7 cm³/mol. The Morgan fingerprint density at radius 3 is 2.96 bits per heavy atom. The zero-order valence-electron chi connectivity index (χ0n) is 12.4. The maximum Gasteiger partial charge on any atom is 0.158 e. The predicted octanol–water partition coefficient (Wildman–Crippen LogP) is 4.67. The molecule has 0 spiro atoms. The second-order valence-electron chi connectivity index (χ2n) is 5.50. The monoisotopic (exact) mass is 342 g/mol. The van der Waals surface area contributed by atoms with Gasteiger partial charge >= 0.3 is 0 Å². The van der Waals surface area contributed by atoms with Gasteiger partial charge in [-0.25, -0.2) is 9.97 Å². The number of hydrogen-bond acceptors (Lipinski definition) is 5. The van der Waals surface area contributed by atoms with E-state index in [1.165, 1.54) is 23.3 Å². The lowest BCUT2D eigenvalue weighted by atomic mass is 9.97. The van der Waals surface area contributed by atoms with Crippen molar-refractivity contribution in [3.8, 4) is 0 Å². The highest BCUT2D eigenvalue weighted by atomic mass is 35.5. The Labute approximate surface area is 143 Å². The second-order valence-corrected chi connectivity index (χ2v) is 7.00. The fourth-order valence-electron chi connectivity index (χ4n) is 2.92. The topological polar surface area (TPSA) is 50.2 Å². The van der Waals surface area contributed by atoms with E-state index < -0.39 is 0 Å². The van der Waals surface area contributed by atoms with Crippen LogP contribution in [0.15, 0.2) is 35.7 Å². The summed E-state index contributed by atoms with van der Waals surface area (Å²) < 4.78 is 0. The number of rotatable bonds is 3. The number of hydrazone groups is 1.